The standard InChI is InChI=1S/C7H12F3OP/c1-6(2,3)5(11)12(4)7(8,9)10/h1-4H3. The molecule has 0 fully saturated rings. The summed E-state index contributed by atoms with van der Waals surface area (Å²) in [5.74, 6) is -4.35. The summed E-state index contributed by atoms with van der Waals surface area (Å²) in [6.45, 7) is 5.46. The van der Waals surface area contributed by atoms with Crippen LogP contribution in [0.3, 0.4) is 0 Å². The first-order valence-corrected chi connectivity index (χ1v) is 5.20. The quantitative estimate of drug-likeness (QED) is 0.594. The minimum atomic E-state index is -4.35. The monoisotopic (exact) mass is 200 g/mol. The summed E-state index contributed by atoms with van der Waals surface area (Å²) in [7, 11) is -2.51. The van der Waals surface area contributed by atoms with Gasteiger partial charge in [0.2, 0.25) is 0 Å². The molecule has 1 unspecified atom stereocenters. The molecule has 0 aromatic rings. The maximum atomic E-state index is 12.0. The molecule has 0 aliphatic rings. The van der Waals surface area contributed by atoms with Gasteiger partial charge in [-0.15, -0.1) is 0 Å². The van der Waals surface area contributed by atoms with Crippen molar-refractivity contribution < 1.29 is 18.0 Å². The highest BCUT2D eigenvalue weighted by atomic mass is 31.1. The van der Waals surface area contributed by atoms with Crippen molar-refractivity contribution in [2.75, 3.05) is 6.66 Å². The second-order valence-corrected chi connectivity index (χ2v) is 5.61. The number of hydrogen-bond acceptors (Lipinski definition) is 1. The van der Waals surface area contributed by atoms with Crippen molar-refractivity contribution in [1.82, 2.24) is 0 Å². The summed E-state index contributed by atoms with van der Waals surface area (Å²) in [6.07, 6.45) is 0. The van der Waals surface area contributed by atoms with E-state index in [-0.39, 0.29) is 0 Å². The summed E-state index contributed by atoms with van der Waals surface area (Å²) in [4.78, 5) is 11.1. The van der Waals surface area contributed by atoms with Gasteiger partial charge in [-0.05, 0) is 6.66 Å². The van der Waals surface area contributed by atoms with Gasteiger partial charge in [0, 0.05) is 5.41 Å². The predicted octanol–water partition coefficient (Wildman–Crippen LogP) is 3.19. The number of halogens is 3. The highest BCUT2D eigenvalue weighted by molar-refractivity contribution is 7.75. The van der Waals surface area contributed by atoms with Crippen LogP contribution in [0.25, 0.3) is 0 Å². The van der Waals surface area contributed by atoms with Crippen molar-refractivity contribution in [3.8, 4) is 0 Å². The van der Waals surface area contributed by atoms with E-state index < -0.39 is 24.8 Å². The summed E-state index contributed by atoms with van der Waals surface area (Å²) >= 11 is 0. The van der Waals surface area contributed by atoms with E-state index in [0.717, 1.165) is 6.66 Å². The first kappa shape index (κ1) is 11.9. The van der Waals surface area contributed by atoms with E-state index in [1.807, 2.05) is 0 Å². The highest BCUT2D eigenvalue weighted by Gasteiger charge is 2.44. The smallest absolute Gasteiger partial charge is 0.294 e. The molecule has 0 rings (SSSR count). The number of alkyl halides is 3. The lowest BCUT2D eigenvalue weighted by atomic mass is 9.99. The highest BCUT2D eigenvalue weighted by Crippen LogP contribution is 2.54. The summed E-state index contributed by atoms with van der Waals surface area (Å²) in [5.41, 5.74) is -1.60. The van der Waals surface area contributed by atoms with Gasteiger partial charge in [0.25, 0.3) is 0 Å². The van der Waals surface area contributed by atoms with Crippen LogP contribution in [0.1, 0.15) is 20.8 Å². The first-order valence-electron chi connectivity index (χ1n) is 3.42. The molecule has 0 bridgehead atoms. The van der Waals surface area contributed by atoms with Crippen molar-refractivity contribution in [3.63, 3.8) is 0 Å². The lowest BCUT2D eigenvalue weighted by Crippen LogP contribution is -2.23. The van der Waals surface area contributed by atoms with E-state index in [0.29, 0.717) is 0 Å². The normalized spacial score (nSPS) is 15.9. The predicted molar refractivity (Wildman–Crippen MR) is 43.4 cm³/mol. The second kappa shape index (κ2) is 3.33. The third-order valence-electron chi connectivity index (χ3n) is 1.33. The van der Waals surface area contributed by atoms with Gasteiger partial charge in [-0.3, -0.25) is 4.79 Å². The molecule has 72 valence electrons. The minimum Gasteiger partial charge on any atom is -0.294 e. The molecule has 12 heavy (non-hydrogen) atoms. The Morgan fingerprint density at radius 1 is 1.17 bits per heavy atom. The topological polar surface area (TPSA) is 17.1 Å². The fourth-order valence-electron chi connectivity index (χ4n) is 0.618. The maximum Gasteiger partial charge on any atom is 0.411 e. The van der Waals surface area contributed by atoms with Crippen LogP contribution in [0, 0.1) is 5.41 Å². The average Bonchev–Trinajstić information content (AvgIpc) is 1.80. The Labute approximate surface area is 71.1 Å². The summed E-state index contributed by atoms with van der Waals surface area (Å²) in [5, 5.41) is 0. The van der Waals surface area contributed by atoms with Crippen LogP contribution in [0.15, 0.2) is 0 Å². The molecule has 0 heterocycles. The lowest BCUT2D eigenvalue weighted by molar-refractivity contribution is -0.119. The van der Waals surface area contributed by atoms with Crippen LogP contribution in [0.4, 0.5) is 13.2 Å². The van der Waals surface area contributed by atoms with Crippen molar-refractivity contribution >= 4 is 13.4 Å². The van der Waals surface area contributed by atoms with Crippen LogP contribution < -0.4 is 0 Å². The zero-order valence-corrected chi connectivity index (χ0v) is 8.38. The van der Waals surface area contributed by atoms with Crippen LogP contribution in [-0.2, 0) is 4.79 Å². The zero-order valence-electron chi connectivity index (χ0n) is 7.49. The molecule has 0 saturated heterocycles. The molecule has 0 aliphatic carbocycles. The minimum absolute atomic E-state index is 0.704. The van der Waals surface area contributed by atoms with Gasteiger partial charge in [0.1, 0.15) is 0 Å². The van der Waals surface area contributed by atoms with Gasteiger partial charge < -0.3 is 0 Å². The van der Waals surface area contributed by atoms with Crippen LogP contribution >= 0.6 is 7.92 Å². The Balaban J connectivity index is 4.53. The second-order valence-electron chi connectivity index (χ2n) is 3.58. The molecule has 0 radical (unpaired) electrons. The van der Waals surface area contributed by atoms with E-state index >= 15 is 0 Å². The number of carbonyl (C=O) groups is 1. The molecule has 1 atom stereocenters. The molecular formula is C7H12F3OP. The molecule has 0 aliphatic heterocycles. The third kappa shape index (κ3) is 3.10. The SMILES string of the molecule is CP(C(=O)C(C)(C)C)C(F)(F)F. The van der Waals surface area contributed by atoms with Crippen molar-refractivity contribution in [1.29, 1.82) is 0 Å². The Kier molecular flexibility index (Phi) is 3.30. The van der Waals surface area contributed by atoms with Crippen LogP contribution in [-0.4, -0.2) is 18.1 Å². The van der Waals surface area contributed by atoms with E-state index in [1.54, 1.807) is 0 Å². The van der Waals surface area contributed by atoms with Crippen molar-refractivity contribution in [3.05, 3.63) is 0 Å². The molecule has 5 heteroatoms. The van der Waals surface area contributed by atoms with Gasteiger partial charge in [0.05, 0.1) is 7.92 Å². The molecule has 0 N–H and O–H groups in total. The van der Waals surface area contributed by atoms with E-state index in [2.05, 4.69) is 0 Å². The Bertz CT molecular complexity index is 180. The third-order valence-corrected chi connectivity index (χ3v) is 3.37. The van der Waals surface area contributed by atoms with Crippen LogP contribution in [0.5, 0.6) is 0 Å². The van der Waals surface area contributed by atoms with E-state index in [1.165, 1.54) is 20.8 Å². The molecule has 0 spiro atoms. The fraction of sp³-hybridized carbons (Fsp3) is 0.857. The summed E-state index contributed by atoms with van der Waals surface area (Å²) < 4.78 is 36.1. The molecule has 0 saturated carbocycles. The lowest BCUT2D eigenvalue weighted by Gasteiger charge is -2.23. The van der Waals surface area contributed by atoms with Gasteiger partial charge in [-0.1, -0.05) is 20.8 Å². The van der Waals surface area contributed by atoms with Gasteiger partial charge in [0.15, 0.2) is 5.52 Å². The maximum absolute atomic E-state index is 12.0. The molecule has 1 nitrogen and oxygen atoms in total. The molecule has 0 aromatic heterocycles. The van der Waals surface area contributed by atoms with Gasteiger partial charge in [-0.25, -0.2) is 0 Å². The average molecular weight is 200 g/mol. The molecule has 0 amide bonds. The number of hydrogen-bond donors (Lipinski definition) is 0. The first-order chi connectivity index (χ1) is 5.07. The number of rotatable bonds is 1. The Hall–Kier alpha value is -0.110. The van der Waals surface area contributed by atoms with Gasteiger partial charge in [-0.2, -0.15) is 13.2 Å². The van der Waals surface area contributed by atoms with Gasteiger partial charge >= 0.3 is 5.92 Å². The summed E-state index contributed by atoms with van der Waals surface area (Å²) in [6, 6.07) is 0. The number of carbonyl (C=O) groups excluding carboxylic acids is 1. The van der Waals surface area contributed by atoms with Crippen molar-refractivity contribution in [2.45, 2.75) is 26.7 Å². The van der Waals surface area contributed by atoms with E-state index in [9.17, 15) is 18.0 Å². The molecular weight excluding hydrogens is 188 g/mol. The zero-order chi connectivity index (χ0) is 10.2. The Morgan fingerprint density at radius 3 is 1.58 bits per heavy atom. The van der Waals surface area contributed by atoms with Crippen LogP contribution in [0.2, 0.25) is 0 Å². The van der Waals surface area contributed by atoms with Crippen molar-refractivity contribution in [2.24, 2.45) is 5.41 Å². The molecule has 0 aromatic carbocycles. The largest absolute Gasteiger partial charge is 0.411 e. The fourth-order valence-corrected chi connectivity index (χ4v) is 1.85. The Morgan fingerprint density at radius 2 is 1.50 bits per heavy atom. The van der Waals surface area contributed by atoms with E-state index in [4.69, 9.17) is 0 Å².